The van der Waals surface area contributed by atoms with E-state index < -0.39 is 0 Å². The summed E-state index contributed by atoms with van der Waals surface area (Å²) in [6.45, 7) is 4.08. The molecule has 0 radical (unpaired) electrons. The zero-order chi connectivity index (χ0) is 19.1. The second-order valence-electron chi connectivity index (χ2n) is 7.29. The van der Waals surface area contributed by atoms with Gasteiger partial charge in [0.05, 0.1) is 5.69 Å². The van der Waals surface area contributed by atoms with Crippen molar-refractivity contribution in [3.05, 3.63) is 54.6 Å². The van der Waals surface area contributed by atoms with Gasteiger partial charge >= 0.3 is 6.09 Å². The second-order valence-corrected chi connectivity index (χ2v) is 7.29. The van der Waals surface area contributed by atoms with E-state index in [4.69, 9.17) is 4.74 Å². The summed E-state index contributed by atoms with van der Waals surface area (Å²) in [4.78, 5) is 17.0. The average molecular weight is 367 g/mol. The number of hydrogen-bond acceptors (Lipinski definition) is 4. The summed E-state index contributed by atoms with van der Waals surface area (Å²) in [7, 11) is 4.18. The molecule has 0 aliphatic carbocycles. The molecule has 1 amide bonds. The molecule has 1 aliphatic heterocycles. The van der Waals surface area contributed by atoms with E-state index >= 15 is 0 Å². The predicted molar refractivity (Wildman–Crippen MR) is 110 cm³/mol. The van der Waals surface area contributed by atoms with Crippen molar-refractivity contribution >= 4 is 11.8 Å². The Morgan fingerprint density at radius 3 is 2.44 bits per heavy atom. The van der Waals surface area contributed by atoms with Gasteiger partial charge < -0.3 is 14.5 Å². The summed E-state index contributed by atoms with van der Waals surface area (Å²) in [5.41, 5.74) is 2.84. The molecule has 0 spiro atoms. The number of nitrogens with one attached hydrogen (secondary N) is 1. The first kappa shape index (κ1) is 19.4. The Hall–Kier alpha value is -2.37. The number of carbonyl (C=O) groups excluding carboxylic acids is 1. The Bertz CT molecular complexity index is 725. The number of amides is 1. The van der Waals surface area contributed by atoms with E-state index in [1.165, 1.54) is 0 Å². The van der Waals surface area contributed by atoms with Gasteiger partial charge in [-0.2, -0.15) is 0 Å². The van der Waals surface area contributed by atoms with Gasteiger partial charge in [-0.05, 0) is 38.6 Å². The van der Waals surface area contributed by atoms with Crippen LogP contribution in [0.5, 0.6) is 0 Å². The summed E-state index contributed by atoms with van der Waals surface area (Å²) < 4.78 is 5.67. The fourth-order valence-electron chi connectivity index (χ4n) is 3.34. The van der Waals surface area contributed by atoms with Crippen LogP contribution in [0.4, 0.5) is 10.5 Å². The molecule has 27 heavy (non-hydrogen) atoms. The lowest BCUT2D eigenvalue weighted by Crippen LogP contribution is -2.41. The molecule has 1 N–H and O–H groups in total. The van der Waals surface area contributed by atoms with Crippen LogP contribution in [0.25, 0.3) is 11.1 Å². The highest BCUT2D eigenvalue weighted by Crippen LogP contribution is 2.27. The maximum atomic E-state index is 12.4. The minimum atomic E-state index is -0.370. The Morgan fingerprint density at radius 2 is 1.74 bits per heavy atom. The largest absolute Gasteiger partial charge is 0.446 e. The maximum Gasteiger partial charge on any atom is 0.411 e. The quantitative estimate of drug-likeness (QED) is 0.840. The van der Waals surface area contributed by atoms with Gasteiger partial charge in [-0.25, -0.2) is 4.79 Å². The van der Waals surface area contributed by atoms with Gasteiger partial charge in [-0.15, -0.1) is 0 Å². The van der Waals surface area contributed by atoms with Crippen LogP contribution >= 0.6 is 0 Å². The van der Waals surface area contributed by atoms with Crippen molar-refractivity contribution in [2.45, 2.75) is 18.9 Å². The van der Waals surface area contributed by atoms with Crippen LogP contribution in [0.15, 0.2) is 54.6 Å². The number of likely N-dealkylation sites (N-methyl/N-ethyl adjacent to an activating group) is 1. The fraction of sp³-hybridized carbons (Fsp3) is 0.409. The molecule has 5 heteroatoms. The molecule has 0 saturated carbocycles. The molecule has 1 fully saturated rings. The summed E-state index contributed by atoms with van der Waals surface area (Å²) >= 11 is 0. The molecule has 1 saturated heterocycles. The molecule has 2 aromatic rings. The summed E-state index contributed by atoms with van der Waals surface area (Å²) in [6.07, 6.45) is 1.40. The third-order valence-corrected chi connectivity index (χ3v) is 4.92. The zero-order valence-corrected chi connectivity index (χ0v) is 16.2. The first-order valence-electron chi connectivity index (χ1n) is 9.61. The number of anilines is 1. The van der Waals surface area contributed by atoms with Crippen LogP contribution in [-0.2, 0) is 4.74 Å². The van der Waals surface area contributed by atoms with Crippen molar-refractivity contribution in [2.75, 3.05) is 45.6 Å². The minimum Gasteiger partial charge on any atom is -0.446 e. The Labute approximate surface area is 161 Å². The third kappa shape index (κ3) is 5.81. The summed E-state index contributed by atoms with van der Waals surface area (Å²) in [5, 5.41) is 2.93. The molecule has 0 atom stereocenters. The Morgan fingerprint density at radius 1 is 1.07 bits per heavy atom. The van der Waals surface area contributed by atoms with Crippen LogP contribution in [0.3, 0.4) is 0 Å². The maximum absolute atomic E-state index is 12.4. The average Bonchev–Trinajstić information content (AvgIpc) is 2.68. The van der Waals surface area contributed by atoms with Crippen molar-refractivity contribution in [3.8, 4) is 11.1 Å². The number of carbonyl (C=O) groups is 1. The highest BCUT2D eigenvalue weighted by atomic mass is 16.6. The highest BCUT2D eigenvalue weighted by Gasteiger charge is 2.22. The molecule has 2 aromatic carbocycles. The van der Waals surface area contributed by atoms with E-state index in [0.29, 0.717) is 0 Å². The molecule has 144 valence electrons. The molecule has 3 rings (SSSR count). The minimum absolute atomic E-state index is 0.00973. The van der Waals surface area contributed by atoms with E-state index in [1.54, 1.807) is 0 Å². The number of ether oxygens (including phenoxy) is 1. The van der Waals surface area contributed by atoms with Gasteiger partial charge in [-0.3, -0.25) is 5.32 Å². The normalized spacial score (nSPS) is 15.7. The van der Waals surface area contributed by atoms with Crippen LogP contribution < -0.4 is 5.32 Å². The van der Waals surface area contributed by atoms with Crippen molar-refractivity contribution in [2.24, 2.45) is 0 Å². The summed E-state index contributed by atoms with van der Waals surface area (Å²) in [5.74, 6) is 0. The Balaban J connectivity index is 1.52. The van der Waals surface area contributed by atoms with Crippen LogP contribution in [-0.4, -0.2) is 62.3 Å². The van der Waals surface area contributed by atoms with Crippen molar-refractivity contribution in [1.82, 2.24) is 9.80 Å². The smallest absolute Gasteiger partial charge is 0.411 e. The number of hydrogen-bond donors (Lipinski definition) is 1. The highest BCUT2D eigenvalue weighted by molar-refractivity contribution is 5.91. The number of rotatable bonds is 6. The number of benzene rings is 2. The number of piperidine rings is 1. The van der Waals surface area contributed by atoms with E-state index in [-0.39, 0.29) is 12.2 Å². The molecule has 1 aliphatic rings. The number of para-hydroxylation sites is 1. The Kier molecular flexibility index (Phi) is 6.85. The van der Waals surface area contributed by atoms with Crippen molar-refractivity contribution in [3.63, 3.8) is 0 Å². The van der Waals surface area contributed by atoms with E-state index in [0.717, 1.165) is 55.8 Å². The van der Waals surface area contributed by atoms with E-state index in [1.807, 2.05) is 54.6 Å². The van der Waals surface area contributed by atoms with E-state index in [9.17, 15) is 4.79 Å². The lowest BCUT2D eigenvalue weighted by atomic mass is 10.0. The molecule has 1 heterocycles. The monoisotopic (exact) mass is 367 g/mol. The van der Waals surface area contributed by atoms with Crippen LogP contribution in [0, 0.1) is 0 Å². The third-order valence-electron chi connectivity index (χ3n) is 4.92. The van der Waals surface area contributed by atoms with Gasteiger partial charge in [0.1, 0.15) is 6.10 Å². The second kappa shape index (κ2) is 9.53. The molecule has 0 aromatic heterocycles. The first-order valence-corrected chi connectivity index (χ1v) is 9.61. The summed E-state index contributed by atoms with van der Waals surface area (Å²) in [6, 6.07) is 17.9. The van der Waals surface area contributed by atoms with Gasteiger partial charge in [-0.1, -0.05) is 48.5 Å². The van der Waals surface area contributed by atoms with Gasteiger partial charge in [0.25, 0.3) is 0 Å². The molecular formula is C22H29N3O2. The number of likely N-dealkylation sites (tertiary alicyclic amines) is 1. The zero-order valence-electron chi connectivity index (χ0n) is 16.2. The van der Waals surface area contributed by atoms with Crippen LogP contribution in [0.2, 0.25) is 0 Å². The van der Waals surface area contributed by atoms with Gasteiger partial charge in [0, 0.05) is 31.7 Å². The predicted octanol–water partition coefficient (Wildman–Crippen LogP) is 3.93. The lowest BCUT2D eigenvalue weighted by Gasteiger charge is -2.32. The van der Waals surface area contributed by atoms with E-state index in [2.05, 4.69) is 29.2 Å². The first-order chi connectivity index (χ1) is 13.1. The molecule has 0 bridgehead atoms. The lowest BCUT2D eigenvalue weighted by molar-refractivity contribution is 0.0572. The fourth-order valence-corrected chi connectivity index (χ4v) is 3.34. The standard InChI is InChI=1S/C22H29N3O2/c1-24(2)16-17-25-14-12-19(13-15-25)27-22(26)23-21-11-7-6-10-20(21)18-8-4-3-5-9-18/h3-11,19H,12-17H2,1-2H3,(H,23,26). The molecule has 0 unspecified atom stereocenters. The van der Waals surface area contributed by atoms with Crippen molar-refractivity contribution < 1.29 is 9.53 Å². The van der Waals surface area contributed by atoms with Crippen molar-refractivity contribution in [1.29, 1.82) is 0 Å². The molecular weight excluding hydrogens is 338 g/mol. The van der Waals surface area contributed by atoms with Gasteiger partial charge in [0.15, 0.2) is 0 Å². The van der Waals surface area contributed by atoms with Crippen LogP contribution in [0.1, 0.15) is 12.8 Å². The molecule has 5 nitrogen and oxygen atoms in total. The SMILES string of the molecule is CN(C)CCN1CCC(OC(=O)Nc2ccccc2-c2ccccc2)CC1. The topological polar surface area (TPSA) is 44.8 Å². The number of nitrogens with zero attached hydrogens (tertiary/aromatic N) is 2. The van der Waals surface area contributed by atoms with Gasteiger partial charge in [0.2, 0.25) is 0 Å².